The Kier molecular flexibility index (Phi) is 36.6. The van der Waals surface area contributed by atoms with Crippen LogP contribution in [0.1, 0.15) is 116 Å². The molecule has 1 aromatic heterocycles. The van der Waals surface area contributed by atoms with E-state index < -0.39 is 89.8 Å². The summed E-state index contributed by atoms with van der Waals surface area (Å²) >= 11 is 0. The highest BCUT2D eigenvalue weighted by Gasteiger charge is 2.46. The van der Waals surface area contributed by atoms with E-state index in [1.165, 1.54) is 6.07 Å². The first-order valence-electron chi connectivity index (χ1n) is 26.0. The van der Waals surface area contributed by atoms with E-state index in [9.17, 15) is 48.6 Å². The molecule has 1 fully saturated rings. The Balaban J connectivity index is 1.89. The van der Waals surface area contributed by atoms with Crippen LogP contribution in [0.3, 0.4) is 0 Å². The second-order valence-corrected chi connectivity index (χ2v) is 20.1. The van der Waals surface area contributed by atoms with Crippen LogP contribution in [0.25, 0.3) is 0 Å². The number of hydrogen-bond acceptors (Lipinski definition) is 16. The van der Waals surface area contributed by atoms with Crippen LogP contribution in [0.2, 0.25) is 0 Å². The Labute approximate surface area is 453 Å². The number of aliphatic hydroxyl groups excluding tert-OH is 3. The molecule has 0 radical (unpaired) electrons. The number of hydrogen-bond donors (Lipinski definition) is 6. The zero-order valence-electron chi connectivity index (χ0n) is 44.3. The van der Waals surface area contributed by atoms with Gasteiger partial charge in [-0.05, 0) is 89.5 Å². The number of carbonyl (C=O) groups excluding carboxylic acids is 2. The second-order valence-electron chi connectivity index (χ2n) is 17.1. The highest BCUT2D eigenvalue weighted by atomic mass is 31.3. The first-order valence-corrected chi connectivity index (χ1v) is 28.9. The van der Waals surface area contributed by atoms with Crippen molar-refractivity contribution in [2.24, 2.45) is 0 Å². The molecule has 1 aliphatic heterocycles. The van der Waals surface area contributed by atoms with Gasteiger partial charge < -0.3 is 45.1 Å². The van der Waals surface area contributed by atoms with E-state index in [0.717, 1.165) is 68.6 Å². The average Bonchev–Trinajstić information content (AvgIpc) is 3.66. The molecule has 0 saturated carbocycles. The third-order valence-corrected chi connectivity index (χ3v) is 13.1. The Morgan fingerprint density at radius 3 is 1.69 bits per heavy atom. The van der Waals surface area contributed by atoms with Crippen LogP contribution in [-0.4, -0.2) is 96.9 Å². The van der Waals surface area contributed by atoms with Crippen LogP contribution < -0.4 is 11.4 Å². The smallest absolute Gasteiger partial charge is 0.462 e. The summed E-state index contributed by atoms with van der Waals surface area (Å²) in [6, 6.07) is 1.23. The van der Waals surface area contributed by atoms with Crippen LogP contribution in [0.4, 0.5) is 5.82 Å². The number of phosphoric ester groups is 2. The molecule has 21 heteroatoms. The zero-order valence-corrected chi connectivity index (χ0v) is 46.1. The highest BCUT2D eigenvalue weighted by Crippen LogP contribution is 2.60. The first kappa shape index (κ1) is 67.7. The maximum Gasteiger partial charge on any atom is 0.481 e. The lowest BCUT2D eigenvalue weighted by Gasteiger charge is -2.21. The largest absolute Gasteiger partial charge is 0.481 e. The molecular weight excluding hydrogens is 1030 g/mol. The van der Waals surface area contributed by atoms with Crippen LogP contribution in [0, 0.1) is 0 Å². The fourth-order valence-electron chi connectivity index (χ4n) is 6.56. The number of carbonyl (C=O) groups is 2. The van der Waals surface area contributed by atoms with Crippen molar-refractivity contribution < 1.29 is 71.4 Å². The van der Waals surface area contributed by atoms with E-state index >= 15 is 0 Å². The van der Waals surface area contributed by atoms with E-state index in [2.05, 4.69) is 108 Å². The normalized spacial score (nSPS) is 20.2. The summed E-state index contributed by atoms with van der Waals surface area (Å²) in [6.45, 7) is 1.66. The molecule has 3 unspecified atom stereocenters. The molecule has 2 rings (SSSR count). The maximum atomic E-state index is 12.9. The fourth-order valence-corrected chi connectivity index (χ4v) is 8.68. The molecule has 0 amide bonds. The molecule has 77 heavy (non-hydrogen) atoms. The summed E-state index contributed by atoms with van der Waals surface area (Å²) in [5, 5.41) is 31.2. The molecule has 2 heterocycles. The van der Waals surface area contributed by atoms with E-state index in [1.807, 2.05) is 36.5 Å². The molecule has 7 N–H and O–H groups in total. The van der Waals surface area contributed by atoms with Crippen molar-refractivity contribution in [1.29, 1.82) is 0 Å². The minimum Gasteiger partial charge on any atom is -0.462 e. The predicted octanol–water partition coefficient (Wildman–Crippen LogP) is 10.1. The number of nitrogen functional groups attached to an aromatic ring is 1. The molecule has 1 aliphatic rings. The van der Waals surface area contributed by atoms with Crippen LogP contribution in [0.5, 0.6) is 0 Å². The van der Waals surface area contributed by atoms with Crippen molar-refractivity contribution in [2.45, 2.75) is 147 Å². The molecular formula is C56H81N3O16P2. The molecule has 0 bridgehead atoms. The molecule has 8 atom stereocenters. The fraction of sp³-hybridized carbons (Fsp3) is 0.464. The third-order valence-electron chi connectivity index (χ3n) is 10.5. The van der Waals surface area contributed by atoms with Gasteiger partial charge >= 0.3 is 33.3 Å². The van der Waals surface area contributed by atoms with Crippen LogP contribution >= 0.6 is 15.6 Å². The number of rotatable bonds is 40. The van der Waals surface area contributed by atoms with Gasteiger partial charge in [-0.25, -0.2) is 13.9 Å². The standard InChI is InChI=1S/C56H81N3O16P2/c1-3-5-7-9-11-13-15-17-18-19-20-21-22-24-26-28-30-32-36-40-51(61)70-44-48(73-52(62)41-37-33-35-39-47(60)38-34-31-29-27-25-23-16-14-12-10-8-6-4-2)45-71-76(66,67)75-77(68,69)72-46-49-53(63)54(64)55(74-49)59-43-42-50(57)58-56(59)65/h5-8,11-14,17-18,20-21,23-26,29-35,38,42-43,47-49,53-55,60,63-64H,3-4,9-10,15-16,19,22,27-28,36-37,39-41,44-46H2,1-2H3,(H,66,67)(H,68,69)(H2,57,58,65)/b7-5-,8-6-,13-11-,14-12-,18-17-,21-20-,25-23-,26-24-,31-29-,32-30-,35-33-,38-34-/t47?,48-,49-,53-,54-,55-/m1/s1. The van der Waals surface area contributed by atoms with Gasteiger partial charge in [-0.1, -0.05) is 160 Å². The Morgan fingerprint density at radius 2 is 1.16 bits per heavy atom. The summed E-state index contributed by atoms with van der Waals surface area (Å²) in [4.78, 5) is 61.9. The number of ether oxygens (including phenoxy) is 3. The Hall–Kier alpha value is -5.40. The van der Waals surface area contributed by atoms with Gasteiger partial charge in [0.05, 0.1) is 19.3 Å². The van der Waals surface area contributed by atoms with Crippen LogP contribution in [0.15, 0.2) is 163 Å². The minimum atomic E-state index is -5.50. The van der Waals surface area contributed by atoms with Gasteiger partial charge in [-0.15, -0.1) is 0 Å². The lowest BCUT2D eigenvalue weighted by molar-refractivity contribution is -0.161. The molecule has 0 spiro atoms. The molecule has 0 aromatic carbocycles. The van der Waals surface area contributed by atoms with Gasteiger partial charge in [0, 0.05) is 19.0 Å². The Bertz CT molecular complexity index is 2380. The average molecular weight is 1110 g/mol. The summed E-state index contributed by atoms with van der Waals surface area (Å²) in [5.74, 6) is -1.61. The number of nitrogens with two attached hydrogens (primary N) is 1. The topological polar surface area (TPSA) is 286 Å². The monoisotopic (exact) mass is 1110 g/mol. The lowest BCUT2D eigenvalue weighted by Crippen LogP contribution is -2.36. The maximum absolute atomic E-state index is 12.9. The van der Waals surface area contributed by atoms with Crippen molar-refractivity contribution in [2.75, 3.05) is 25.6 Å². The summed E-state index contributed by atoms with van der Waals surface area (Å²) in [5.41, 5.74) is 4.56. The number of anilines is 1. The van der Waals surface area contributed by atoms with Gasteiger partial charge in [0.15, 0.2) is 12.3 Å². The van der Waals surface area contributed by atoms with Crippen molar-refractivity contribution >= 4 is 33.4 Å². The number of allylic oxidation sites excluding steroid dienone is 22. The van der Waals surface area contributed by atoms with Gasteiger partial charge in [0.1, 0.15) is 30.7 Å². The molecule has 1 saturated heterocycles. The molecule has 19 nitrogen and oxygen atoms in total. The summed E-state index contributed by atoms with van der Waals surface area (Å²) in [7, 11) is -11.0. The van der Waals surface area contributed by atoms with Gasteiger partial charge in [-0.3, -0.25) is 23.2 Å². The van der Waals surface area contributed by atoms with Crippen LogP contribution in [-0.2, 0) is 46.3 Å². The van der Waals surface area contributed by atoms with E-state index in [4.69, 9.17) is 29.0 Å². The third kappa shape index (κ3) is 34.2. The number of nitrogens with zero attached hydrogens (tertiary/aromatic N) is 2. The van der Waals surface area contributed by atoms with E-state index in [0.29, 0.717) is 12.8 Å². The number of aromatic nitrogens is 2. The lowest BCUT2D eigenvalue weighted by atomic mass is 10.1. The molecule has 0 aliphatic carbocycles. The summed E-state index contributed by atoms with van der Waals surface area (Å²) in [6.07, 6.45) is 49.7. The van der Waals surface area contributed by atoms with Crippen molar-refractivity contribution in [3.63, 3.8) is 0 Å². The minimum absolute atomic E-state index is 0.0452. The Morgan fingerprint density at radius 1 is 0.675 bits per heavy atom. The zero-order chi connectivity index (χ0) is 56.4. The quantitative estimate of drug-likeness (QED) is 0.0154. The van der Waals surface area contributed by atoms with Crippen molar-refractivity contribution in [1.82, 2.24) is 9.55 Å². The van der Waals surface area contributed by atoms with Gasteiger partial charge in [-0.2, -0.15) is 9.29 Å². The summed E-state index contributed by atoms with van der Waals surface area (Å²) < 4.78 is 56.5. The highest BCUT2D eigenvalue weighted by molar-refractivity contribution is 7.61. The van der Waals surface area contributed by atoms with Gasteiger partial charge in [0.25, 0.3) is 0 Å². The predicted molar refractivity (Wildman–Crippen MR) is 299 cm³/mol. The number of esters is 2. The van der Waals surface area contributed by atoms with Crippen molar-refractivity contribution in [3.8, 4) is 0 Å². The second kappa shape index (κ2) is 41.7. The van der Waals surface area contributed by atoms with E-state index in [1.54, 1.807) is 24.3 Å². The van der Waals surface area contributed by atoms with Crippen molar-refractivity contribution in [3.05, 3.63) is 169 Å². The molecule has 426 valence electrons. The van der Waals surface area contributed by atoms with E-state index in [-0.39, 0.29) is 31.5 Å². The first-order chi connectivity index (χ1) is 37.1. The SMILES string of the molecule is CC/C=C\C/C=C\C/C=C\C/C=C\C=C/C(O)C/C=C\CCC(=O)O[C@H](COC(=O)CC/C=C\C/C=C\C/C=C\C/C=C\C/C=C\C/C=C\CC)COP(=O)(O)OP(=O)(O)OC[C@H]1O[C@@H](n2ccc(N)nc2=O)[C@H](O)[C@@H]1O. The van der Waals surface area contributed by atoms with Gasteiger partial charge in [0.2, 0.25) is 0 Å². The number of aliphatic hydroxyl groups is 3. The molecule has 1 aromatic rings. The number of phosphoric acid groups is 2.